The van der Waals surface area contributed by atoms with Gasteiger partial charge in [-0.25, -0.2) is 0 Å². The fourth-order valence-electron chi connectivity index (χ4n) is 6.02. The molecule has 0 bridgehead atoms. The summed E-state index contributed by atoms with van der Waals surface area (Å²) in [7, 11) is 0. The Morgan fingerprint density at radius 1 is 0.541 bits per heavy atom. The average Bonchev–Trinajstić information content (AvgIpc) is 3.14. The maximum absolute atomic E-state index is 2.46. The molecule has 0 N–H and O–H groups in total. The molecule has 0 saturated heterocycles. The van der Waals surface area contributed by atoms with Gasteiger partial charge in [0.05, 0.1) is 5.69 Å². The first-order valence-electron chi connectivity index (χ1n) is 13.1. The van der Waals surface area contributed by atoms with Crippen molar-refractivity contribution in [3.63, 3.8) is 0 Å². The van der Waals surface area contributed by atoms with Crippen LogP contribution in [0, 0.1) is 20.8 Å². The van der Waals surface area contributed by atoms with Gasteiger partial charge in [-0.1, -0.05) is 104 Å². The van der Waals surface area contributed by atoms with Crippen molar-refractivity contribution >= 4 is 17.1 Å². The molecule has 0 amide bonds. The van der Waals surface area contributed by atoms with Crippen molar-refractivity contribution < 1.29 is 0 Å². The maximum Gasteiger partial charge on any atom is 0.0508 e. The number of benzene rings is 5. The zero-order valence-electron chi connectivity index (χ0n) is 22.3. The van der Waals surface area contributed by atoms with Crippen LogP contribution in [0.5, 0.6) is 0 Å². The van der Waals surface area contributed by atoms with E-state index in [0.717, 1.165) is 0 Å². The summed E-state index contributed by atoms with van der Waals surface area (Å²) in [5.41, 5.74) is 15.3. The van der Waals surface area contributed by atoms with Gasteiger partial charge in [0.2, 0.25) is 0 Å². The zero-order chi connectivity index (χ0) is 25.7. The predicted molar refractivity (Wildman–Crippen MR) is 158 cm³/mol. The first-order chi connectivity index (χ1) is 17.8. The Bertz CT molecular complexity index is 1620. The lowest BCUT2D eigenvalue weighted by atomic mass is 9.81. The van der Waals surface area contributed by atoms with E-state index >= 15 is 0 Å². The largest absolute Gasteiger partial charge is 0.310 e. The lowest BCUT2D eigenvalue weighted by Gasteiger charge is -2.33. The van der Waals surface area contributed by atoms with E-state index in [1.807, 2.05) is 0 Å². The molecule has 5 aromatic rings. The van der Waals surface area contributed by atoms with Gasteiger partial charge in [0.1, 0.15) is 0 Å². The highest BCUT2D eigenvalue weighted by Gasteiger charge is 2.38. The molecule has 5 aromatic carbocycles. The first-order valence-corrected chi connectivity index (χ1v) is 13.1. The van der Waals surface area contributed by atoms with Crippen LogP contribution in [-0.2, 0) is 5.41 Å². The summed E-state index contributed by atoms with van der Waals surface area (Å²) in [5.74, 6) is 0. The fraction of sp³-hybridized carbons (Fsp3) is 0.167. The topological polar surface area (TPSA) is 3.24 Å². The van der Waals surface area contributed by atoms with Crippen molar-refractivity contribution in [1.82, 2.24) is 0 Å². The van der Waals surface area contributed by atoms with Crippen LogP contribution in [0.15, 0.2) is 109 Å². The Morgan fingerprint density at radius 3 is 2.00 bits per heavy atom. The molecule has 1 aliphatic rings. The molecule has 1 nitrogen and oxygen atoms in total. The van der Waals surface area contributed by atoms with Crippen molar-refractivity contribution in [2.24, 2.45) is 0 Å². The van der Waals surface area contributed by atoms with Gasteiger partial charge < -0.3 is 4.90 Å². The SMILES string of the molecule is Cc1ccc(N(c2ccc(-c3cccc(C)c3)cc2C)c2cccc3c2C(C)(C)c2ccccc2-3)cc1. The third-order valence-corrected chi connectivity index (χ3v) is 7.88. The van der Waals surface area contributed by atoms with Crippen LogP contribution in [0.2, 0.25) is 0 Å². The minimum absolute atomic E-state index is 0.0964. The van der Waals surface area contributed by atoms with Crippen molar-refractivity contribution in [2.75, 3.05) is 4.90 Å². The molecule has 0 aliphatic heterocycles. The third-order valence-electron chi connectivity index (χ3n) is 7.88. The quantitative estimate of drug-likeness (QED) is 0.248. The van der Waals surface area contributed by atoms with Gasteiger partial charge in [-0.05, 0) is 90.0 Å². The molecule has 0 heterocycles. The molecular formula is C36H33N. The van der Waals surface area contributed by atoms with E-state index in [2.05, 4.69) is 149 Å². The molecule has 0 saturated carbocycles. The summed E-state index contributed by atoms with van der Waals surface area (Å²) >= 11 is 0. The average molecular weight is 480 g/mol. The number of aryl methyl sites for hydroxylation is 3. The van der Waals surface area contributed by atoms with Crippen LogP contribution in [0.1, 0.15) is 41.7 Å². The van der Waals surface area contributed by atoms with E-state index in [1.165, 1.54) is 67.1 Å². The molecule has 182 valence electrons. The van der Waals surface area contributed by atoms with E-state index in [0.29, 0.717) is 0 Å². The first kappa shape index (κ1) is 23.3. The minimum Gasteiger partial charge on any atom is -0.310 e. The van der Waals surface area contributed by atoms with Gasteiger partial charge in [-0.2, -0.15) is 0 Å². The Hall–Kier alpha value is -4.10. The van der Waals surface area contributed by atoms with Gasteiger partial charge in [-0.3, -0.25) is 0 Å². The van der Waals surface area contributed by atoms with E-state index in [9.17, 15) is 0 Å². The summed E-state index contributed by atoms with van der Waals surface area (Å²) in [6.45, 7) is 11.3. The number of hydrogen-bond donors (Lipinski definition) is 0. The Kier molecular flexibility index (Phi) is 5.53. The molecule has 0 radical (unpaired) electrons. The molecule has 0 spiro atoms. The molecule has 0 fully saturated rings. The van der Waals surface area contributed by atoms with Crippen molar-refractivity contribution in [3.05, 3.63) is 137 Å². The van der Waals surface area contributed by atoms with Crippen LogP contribution < -0.4 is 4.90 Å². The van der Waals surface area contributed by atoms with E-state index in [1.54, 1.807) is 0 Å². The van der Waals surface area contributed by atoms with Crippen LogP contribution in [0.4, 0.5) is 17.1 Å². The summed E-state index contributed by atoms with van der Waals surface area (Å²) in [5, 5.41) is 0. The molecule has 37 heavy (non-hydrogen) atoms. The predicted octanol–water partition coefficient (Wildman–Crippen LogP) is 10.1. The number of rotatable bonds is 4. The summed E-state index contributed by atoms with van der Waals surface area (Å²) in [4.78, 5) is 2.46. The smallest absolute Gasteiger partial charge is 0.0508 e. The molecule has 1 aliphatic carbocycles. The molecule has 0 unspecified atom stereocenters. The number of hydrogen-bond acceptors (Lipinski definition) is 1. The monoisotopic (exact) mass is 479 g/mol. The second kappa shape index (κ2) is 8.78. The third kappa shape index (κ3) is 3.86. The molecule has 1 heteroatoms. The highest BCUT2D eigenvalue weighted by atomic mass is 15.1. The normalized spacial score (nSPS) is 13.2. The number of fused-ring (bicyclic) bond motifs is 3. The standard InChI is InChI=1S/C36H33N/c1-24-16-19-29(20-17-24)37(33-21-18-28(23-26(33)3)27-11-8-10-25(2)22-27)34-15-9-13-31-30-12-6-7-14-32(30)36(4,5)35(31)34/h6-23H,1-5H3. The molecule has 0 aromatic heterocycles. The Morgan fingerprint density at radius 2 is 1.24 bits per heavy atom. The van der Waals surface area contributed by atoms with Crippen molar-refractivity contribution in [2.45, 2.75) is 40.0 Å². The fourth-order valence-corrected chi connectivity index (χ4v) is 6.02. The van der Waals surface area contributed by atoms with Gasteiger partial charge in [0.25, 0.3) is 0 Å². The summed E-state index contributed by atoms with van der Waals surface area (Å²) in [6, 6.07) is 40.2. The lowest BCUT2D eigenvalue weighted by molar-refractivity contribution is 0.661. The highest BCUT2D eigenvalue weighted by Crippen LogP contribution is 2.54. The summed E-state index contributed by atoms with van der Waals surface area (Å²) in [6.07, 6.45) is 0. The summed E-state index contributed by atoms with van der Waals surface area (Å²) < 4.78 is 0. The van der Waals surface area contributed by atoms with Crippen LogP contribution in [0.3, 0.4) is 0 Å². The molecule has 0 atom stereocenters. The molecular weight excluding hydrogens is 446 g/mol. The van der Waals surface area contributed by atoms with Gasteiger partial charge in [0, 0.05) is 16.8 Å². The van der Waals surface area contributed by atoms with E-state index in [-0.39, 0.29) is 5.41 Å². The van der Waals surface area contributed by atoms with Crippen LogP contribution in [-0.4, -0.2) is 0 Å². The van der Waals surface area contributed by atoms with Crippen LogP contribution in [0.25, 0.3) is 22.3 Å². The maximum atomic E-state index is 2.46. The number of nitrogens with zero attached hydrogens (tertiary/aromatic N) is 1. The Balaban J connectivity index is 1.57. The highest BCUT2D eigenvalue weighted by molar-refractivity contribution is 5.91. The van der Waals surface area contributed by atoms with E-state index < -0.39 is 0 Å². The van der Waals surface area contributed by atoms with Crippen molar-refractivity contribution in [1.29, 1.82) is 0 Å². The van der Waals surface area contributed by atoms with E-state index in [4.69, 9.17) is 0 Å². The van der Waals surface area contributed by atoms with Crippen molar-refractivity contribution in [3.8, 4) is 22.3 Å². The second-order valence-corrected chi connectivity index (χ2v) is 10.9. The van der Waals surface area contributed by atoms with Gasteiger partial charge in [0.15, 0.2) is 0 Å². The molecule has 6 rings (SSSR count). The van der Waals surface area contributed by atoms with Gasteiger partial charge >= 0.3 is 0 Å². The lowest BCUT2D eigenvalue weighted by Crippen LogP contribution is -2.21. The zero-order valence-corrected chi connectivity index (χ0v) is 22.3. The second-order valence-electron chi connectivity index (χ2n) is 10.9. The Labute approximate surface area is 221 Å². The van der Waals surface area contributed by atoms with Crippen LogP contribution >= 0.6 is 0 Å². The van der Waals surface area contributed by atoms with Gasteiger partial charge in [-0.15, -0.1) is 0 Å². The minimum atomic E-state index is -0.0964. The number of anilines is 3.